The molecule has 2 aromatic carbocycles. The number of nitrogens with two attached hydrogens (primary N) is 1. The third-order valence-corrected chi connectivity index (χ3v) is 3.70. The third kappa shape index (κ3) is 3.33. The highest BCUT2D eigenvalue weighted by Crippen LogP contribution is 2.29. The van der Waals surface area contributed by atoms with E-state index in [0.717, 1.165) is 16.9 Å². The number of ether oxygens (including phenoxy) is 1. The summed E-state index contributed by atoms with van der Waals surface area (Å²) in [5, 5.41) is 0.692. The molecule has 0 fully saturated rings. The molecule has 0 radical (unpaired) electrons. The van der Waals surface area contributed by atoms with E-state index >= 15 is 0 Å². The smallest absolute Gasteiger partial charge is 0.139 e. The third-order valence-electron chi connectivity index (χ3n) is 3.46. The second-order valence-electron chi connectivity index (χ2n) is 5.15. The van der Waals surface area contributed by atoms with E-state index in [1.807, 2.05) is 43.3 Å². The van der Waals surface area contributed by atoms with Crippen molar-refractivity contribution in [2.75, 3.05) is 0 Å². The fourth-order valence-corrected chi connectivity index (χ4v) is 2.35. The summed E-state index contributed by atoms with van der Waals surface area (Å²) in [6.45, 7) is 6.07. The van der Waals surface area contributed by atoms with Gasteiger partial charge in [-0.1, -0.05) is 35.9 Å². The van der Waals surface area contributed by atoms with Crippen LogP contribution in [0.1, 0.15) is 29.7 Å². The average Bonchev–Trinajstić information content (AvgIpc) is 2.40. The lowest BCUT2D eigenvalue weighted by Crippen LogP contribution is -2.29. The van der Waals surface area contributed by atoms with E-state index in [-0.39, 0.29) is 12.1 Å². The summed E-state index contributed by atoms with van der Waals surface area (Å²) in [4.78, 5) is 0. The van der Waals surface area contributed by atoms with Gasteiger partial charge in [0.05, 0.1) is 0 Å². The first-order valence-corrected chi connectivity index (χ1v) is 7.10. The Morgan fingerprint density at radius 2 is 1.80 bits per heavy atom. The van der Waals surface area contributed by atoms with Crippen LogP contribution in [0.5, 0.6) is 5.75 Å². The van der Waals surface area contributed by atoms with Crippen LogP contribution in [0.4, 0.5) is 0 Å². The lowest BCUT2D eigenvalue weighted by Gasteiger charge is -2.24. The van der Waals surface area contributed by atoms with Crippen LogP contribution >= 0.6 is 11.6 Å². The summed E-state index contributed by atoms with van der Waals surface area (Å²) >= 11 is 6.06. The summed E-state index contributed by atoms with van der Waals surface area (Å²) in [7, 11) is 0. The fourth-order valence-electron chi connectivity index (χ4n) is 2.15. The molecular weight excluding hydrogens is 270 g/mol. The number of aryl methyl sites for hydroxylation is 1. The van der Waals surface area contributed by atoms with Gasteiger partial charge in [0.25, 0.3) is 0 Å². The Morgan fingerprint density at radius 3 is 2.45 bits per heavy atom. The maximum absolute atomic E-state index is 6.14. The molecule has 0 aliphatic heterocycles. The van der Waals surface area contributed by atoms with Crippen LogP contribution in [0.15, 0.2) is 42.5 Å². The largest absolute Gasteiger partial charge is 0.484 e. The van der Waals surface area contributed by atoms with Gasteiger partial charge < -0.3 is 10.5 Å². The predicted octanol–water partition coefficient (Wildman–Crippen LogP) is 4.42. The van der Waals surface area contributed by atoms with Crippen molar-refractivity contribution in [3.8, 4) is 5.75 Å². The lowest BCUT2D eigenvalue weighted by molar-refractivity contribution is 0.179. The topological polar surface area (TPSA) is 35.2 Å². The molecule has 2 rings (SSSR count). The maximum Gasteiger partial charge on any atom is 0.139 e. The van der Waals surface area contributed by atoms with Crippen LogP contribution in [-0.2, 0) is 0 Å². The highest BCUT2D eigenvalue weighted by Gasteiger charge is 2.19. The second kappa shape index (κ2) is 6.29. The van der Waals surface area contributed by atoms with Gasteiger partial charge in [-0.25, -0.2) is 0 Å². The van der Waals surface area contributed by atoms with Crippen molar-refractivity contribution in [1.82, 2.24) is 0 Å². The molecule has 0 bridgehead atoms. The van der Waals surface area contributed by atoms with E-state index in [4.69, 9.17) is 22.1 Å². The monoisotopic (exact) mass is 289 g/mol. The Balaban J connectivity index is 2.33. The minimum Gasteiger partial charge on any atom is -0.484 e. The molecule has 3 heteroatoms. The van der Waals surface area contributed by atoms with Crippen molar-refractivity contribution in [3.05, 3.63) is 64.2 Å². The van der Waals surface area contributed by atoms with Gasteiger partial charge in [0, 0.05) is 11.1 Å². The lowest BCUT2D eigenvalue weighted by atomic mass is 10.0. The molecule has 20 heavy (non-hydrogen) atoms. The Kier molecular flexibility index (Phi) is 4.69. The van der Waals surface area contributed by atoms with Crippen molar-refractivity contribution in [3.63, 3.8) is 0 Å². The van der Waals surface area contributed by atoms with Crippen LogP contribution in [0.3, 0.4) is 0 Å². The molecule has 2 unspecified atom stereocenters. The Labute approximate surface area is 125 Å². The first-order valence-electron chi connectivity index (χ1n) is 6.73. The quantitative estimate of drug-likeness (QED) is 0.904. The minimum absolute atomic E-state index is 0.131. The molecule has 2 N–H and O–H groups in total. The zero-order valence-corrected chi connectivity index (χ0v) is 12.8. The van der Waals surface area contributed by atoms with E-state index in [1.165, 1.54) is 5.56 Å². The van der Waals surface area contributed by atoms with E-state index in [9.17, 15) is 0 Å². The first kappa shape index (κ1) is 14.9. The van der Waals surface area contributed by atoms with Gasteiger partial charge in [0.1, 0.15) is 11.9 Å². The molecule has 0 aliphatic rings. The molecule has 0 saturated heterocycles. The van der Waals surface area contributed by atoms with Gasteiger partial charge in [0.15, 0.2) is 0 Å². The maximum atomic E-state index is 6.14. The number of hydrogen-bond donors (Lipinski definition) is 1. The molecular formula is C17H20ClNO. The summed E-state index contributed by atoms with van der Waals surface area (Å²) < 4.78 is 6.14. The highest BCUT2D eigenvalue weighted by molar-refractivity contribution is 6.30. The molecule has 0 aliphatic carbocycles. The highest BCUT2D eigenvalue weighted by atomic mass is 35.5. The Hall–Kier alpha value is -1.51. The normalized spacial score (nSPS) is 13.8. The summed E-state index contributed by atoms with van der Waals surface area (Å²) in [5.74, 6) is 0.868. The van der Waals surface area contributed by atoms with Gasteiger partial charge in [-0.3, -0.25) is 0 Å². The van der Waals surface area contributed by atoms with Crippen molar-refractivity contribution in [2.45, 2.75) is 32.9 Å². The zero-order valence-electron chi connectivity index (χ0n) is 12.1. The Morgan fingerprint density at radius 1 is 1.10 bits per heavy atom. The number of halogens is 1. The zero-order chi connectivity index (χ0) is 14.7. The van der Waals surface area contributed by atoms with Crippen LogP contribution in [-0.4, -0.2) is 6.04 Å². The minimum atomic E-state index is -0.214. The van der Waals surface area contributed by atoms with Gasteiger partial charge in [-0.15, -0.1) is 0 Å². The van der Waals surface area contributed by atoms with Crippen LogP contribution in [0.2, 0.25) is 5.02 Å². The standard InChI is InChI=1S/C17H20ClNO/c1-11-6-4-9-16(12(11)2)20-17(13(3)19)14-7-5-8-15(18)10-14/h4-10,13,17H,19H2,1-3H3. The van der Waals surface area contributed by atoms with Gasteiger partial charge in [-0.2, -0.15) is 0 Å². The number of hydrogen-bond acceptors (Lipinski definition) is 2. The first-order chi connectivity index (χ1) is 9.49. The predicted molar refractivity (Wildman–Crippen MR) is 84.4 cm³/mol. The van der Waals surface area contributed by atoms with Crippen molar-refractivity contribution < 1.29 is 4.74 Å². The summed E-state index contributed by atoms with van der Waals surface area (Å²) in [5.41, 5.74) is 9.43. The molecule has 0 amide bonds. The van der Waals surface area contributed by atoms with E-state index < -0.39 is 0 Å². The molecule has 0 heterocycles. The number of benzene rings is 2. The van der Waals surface area contributed by atoms with E-state index in [2.05, 4.69) is 19.9 Å². The van der Waals surface area contributed by atoms with Crippen LogP contribution in [0, 0.1) is 13.8 Å². The molecule has 2 aromatic rings. The molecule has 106 valence electrons. The van der Waals surface area contributed by atoms with Crippen molar-refractivity contribution in [2.24, 2.45) is 5.73 Å². The molecule has 0 saturated carbocycles. The summed E-state index contributed by atoms with van der Waals surface area (Å²) in [6, 6.07) is 13.6. The second-order valence-corrected chi connectivity index (χ2v) is 5.59. The van der Waals surface area contributed by atoms with Crippen molar-refractivity contribution >= 4 is 11.6 Å². The van der Waals surface area contributed by atoms with E-state index in [0.29, 0.717) is 5.02 Å². The molecule has 2 nitrogen and oxygen atoms in total. The van der Waals surface area contributed by atoms with E-state index in [1.54, 1.807) is 0 Å². The van der Waals surface area contributed by atoms with Crippen molar-refractivity contribution in [1.29, 1.82) is 0 Å². The van der Waals surface area contributed by atoms with Crippen LogP contribution in [0.25, 0.3) is 0 Å². The average molecular weight is 290 g/mol. The Bertz CT molecular complexity index is 595. The van der Waals surface area contributed by atoms with Gasteiger partial charge in [0.2, 0.25) is 0 Å². The van der Waals surface area contributed by atoms with Gasteiger partial charge in [-0.05, 0) is 55.7 Å². The SMILES string of the molecule is Cc1cccc(OC(c2cccc(Cl)c2)C(C)N)c1C. The number of rotatable bonds is 4. The molecule has 2 atom stereocenters. The fraction of sp³-hybridized carbons (Fsp3) is 0.294. The molecule has 0 spiro atoms. The van der Waals surface area contributed by atoms with Crippen LogP contribution < -0.4 is 10.5 Å². The summed E-state index contributed by atoms with van der Waals surface area (Å²) in [6.07, 6.45) is -0.214. The van der Waals surface area contributed by atoms with Gasteiger partial charge >= 0.3 is 0 Å². The molecule has 0 aromatic heterocycles.